The first kappa shape index (κ1) is 18.9. The van der Waals surface area contributed by atoms with E-state index in [1.54, 1.807) is 23.5 Å². The Bertz CT molecular complexity index is 1180. The molecule has 7 nitrogen and oxygen atoms in total. The molecule has 4 rings (SSSR count). The highest BCUT2D eigenvalue weighted by Gasteiger charge is 2.19. The molecule has 148 valence electrons. The fourth-order valence-corrected chi connectivity index (χ4v) is 3.49. The molecule has 0 atom stereocenters. The number of aromatic nitrogens is 4. The largest absolute Gasteiger partial charge is 0.331 e. The van der Waals surface area contributed by atoms with E-state index >= 15 is 0 Å². The first-order valence-electron chi connectivity index (χ1n) is 9.54. The van der Waals surface area contributed by atoms with E-state index in [4.69, 9.17) is 0 Å². The fraction of sp³-hybridized carbons (Fsp3) is 0.273. The molecule has 0 aliphatic rings. The number of hydrogen-bond donors (Lipinski definition) is 0. The number of benzene rings is 2. The number of hydrogen-bond acceptors (Lipinski definition) is 4. The fourth-order valence-electron chi connectivity index (χ4n) is 3.49. The van der Waals surface area contributed by atoms with E-state index in [9.17, 15) is 4.79 Å². The summed E-state index contributed by atoms with van der Waals surface area (Å²) in [6.45, 7) is 5.04. The van der Waals surface area contributed by atoms with Crippen LogP contribution in [0.25, 0.3) is 16.6 Å². The van der Waals surface area contributed by atoms with Crippen LogP contribution in [0.1, 0.15) is 22.3 Å². The number of pyridine rings is 1. The Hall–Kier alpha value is -3.48. The van der Waals surface area contributed by atoms with Crippen molar-refractivity contribution in [2.24, 2.45) is 0 Å². The molecule has 0 aliphatic carbocycles. The van der Waals surface area contributed by atoms with Crippen molar-refractivity contribution in [3.63, 3.8) is 0 Å². The van der Waals surface area contributed by atoms with Crippen LogP contribution in [-0.2, 0) is 13.1 Å². The molecule has 4 aromatic rings. The smallest absolute Gasteiger partial charge is 0.320 e. The van der Waals surface area contributed by atoms with E-state index in [1.165, 1.54) is 5.56 Å². The van der Waals surface area contributed by atoms with Crippen LogP contribution in [0.4, 0.5) is 4.79 Å². The van der Waals surface area contributed by atoms with Crippen molar-refractivity contribution in [2.75, 3.05) is 14.1 Å². The maximum Gasteiger partial charge on any atom is 0.320 e. The highest BCUT2D eigenvalue weighted by Crippen LogP contribution is 2.22. The second-order valence-electron chi connectivity index (χ2n) is 7.66. The summed E-state index contributed by atoms with van der Waals surface area (Å²) in [6, 6.07) is 16.4. The predicted octanol–water partition coefficient (Wildman–Crippen LogP) is 3.58. The molecule has 2 aromatic carbocycles. The van der Waals surface area contributed by atoms with Gasteiger partial charge in [0.25, 0.3) is 0 Å². The zero-order valence-corrected chi connectivity index (χ0v) is 17.1. The SMILES string of the molecule is Cc1ccc(CN(Cc2cc3cc(C)ccc3n3nnnc23)C(=O)N(C)C)cc1. The van der Waals surface area contributed by atoms with Gasteiger partial charge in [-0.05, 0) is 48.0 Å². The van der Waals surface area contributed by atoms with Gasteiger partial charge < -0.3 is 9.80 Å². The molecule has 0 radical (unpaired) electrons. The Labute approximate surface area is 169 Å². The third-order valence-electron chi connectivity index (χ3n) is 5.01. The Morgan fingerprint density at radius 3 is 2.41 bits per heavy atom. The number of urea groups is 1. The van der Waals surface area contributed by atoms with Crippen molar-refractivity contribution in [3.05, 3.63) is 70.8 Å². The van der Waals surface area contributed by atoms with Crippen molar-refractivity contribution in [3.8, 4) is 0 Å². The van der Waals surface area contributed by atoms with Gasteiger partial charge in [-0.3, -0.25) is 0 Å². The number of rotatable bonds is 4. The average Bonchev–Trinajstić information content (AvgIpc) is 3.18. The number of nitrogens with zero attached hydrogens (tertiary/aromatic N) is 6. The Balaban J connectivity index is 1.76. The van der Waals surface area contributed by atoms with Gasteiger partial charge in [0.1, 0.15) is 0 Å². The minimum absolute atomic E-state index is 0.0551. The van der Waals surface area contributed by atoms with Gasteiger partial charge in [0.05, 0.1) is 12.1 Å². The summed E-state index contributed by atoms with van der Waals surface area (Å²) in [6.07, 6.45) is 0. The van der Waals surface area contributed by atoms with Gasteiger partial charge in [-0.25, -0.2) is 4.79 Å². The molecule has 0 spiro atoms. The van der Waals surface area contributed by atoms with Gasteiger partial charge in [-0.2, -0.15) is 4.52 Å². The third-order valence-corrected chi connectivity index (χ3v) is 5.01. The van der Waals surface area contributed by atoms with Crippen molar-refractivity contribution in [1.82, 2.24) is 29.8 Å². The number of tetrazole rings is 1. The molecule has 0 unspecified atom stereocenters. The summed E-state index contributed by atoms with van der Waals surface area (Å²) in [7, 11) is 3.53. The van der Waals surface area contributed by atoms with Crippen LogP contribution in [0.2, 0.25) is 0 Å². The number of amides is 2. The molecular formula is C22H24N6O. The van der Waals surface area contributed by atoms with Crippen molar-refractivity contribution >= 4 is 22.6 Å². The van der Waals surface area contributed by atoms with Crippen molar-refractivity contribution < 1.29 is 4.79 Å². The first-order chi connectivity index (χ1) is 13.9. The Morgan fingerprint density at radius 2 is 1.69 bits per heavy atom. The second kappa shape index (κ2) is 7.50. The van der Waals surface area contributed by atoms with E-state index in [2.05, 4.69) is 65.8 Å². The molecule has 7 heteroatoms. The number of fused-ring (bicyclic) bond motifs is 3. The zero-order chi connectivity index (χ0) is 20.5. The molecule has 0 fully saturated rings. The van der Waals surface area contributed by atoms with Crippen LogP contribution in [0.3, 0.4) is 0 Å². The molecule has 0 saturated heterocycles. The topological polar surface area (TPSA) is 66.6 Å². The summed E-state index contributed by atoms with van der Waals surface area (Å²) < 4.78 is 1.74. The summed E-state index contributed by atoms with van der Waals surface area (Å²) in [5, 5.41) is 13.3. The van der Waals surface area contributed by atoms with Gasteiger partial charge in [-0.1, -0.05) is 41.5 Å². The van der Waals surface area contributed by atoms with E-state index in [-0.39, 0.29) is 6.03 Å². The molecule has 2 amide bonds. The van der Waals surface area contributed by atoms with E-state index in [0.29, 0.717) is 18.7 Å². The van der Waals surface area contributed by atoms with Crippen molar-refractivity contribution in [1.29, 1.82) is 0 Å². The molecule has 0 bridgehead atoms. The van der Waals surface area contributed by atoms with E-state index < -0.39 is 0 Å². The maximum absolute atomic E-state index is 12.9. The van der Waals surface area contributed by atoms with Crippen LogP contribution in [0, 0.1) is 13.8 Å². The van der Waals surface area contributed by atoms with Crippen LogP contribution >= 0.6 is 0 Å². The lowest BCUT2D eigenvalue weighted by Crippen LogP contribution is -2.38. The van der Waals surface area contributed by atoms with E-state index in [0.717, 1.165) is 27.6 Å². The molecular weight excluding hydrogens is 364 g/mol. The highest BCUT2D eigenvalue weighted by molar-refractivity contribution is 5.84. The van der Waals surface area contributed by atoms with Gasteiger partial charge in [0.2, 0.25) is 0 Å². The molecule has 0 aliphatic heterocycles. The molecule has 0 saturated carbocycles. The van der Waals surface area contributed by atoms with Gasteiger partial charge in [-0.15, -0.1) is 5.10 Å². The van der Waals surface area contributed by atoms with Crippen LogP contribution in [0.5, 0.6) is 0 Å². The van der Waals surface area contributed by atoms with Crippen LogP contribution in [-0.4, -0.2) is 50.0 Å². The number of carbonyl (C=O) groups is 1. The summed E-state index contributed by atoms with van der Waals surface area (Å²) in [5.41, 5.74) is 5.97. The molecule has 2 heterocycles. The lowest BCUT2D eigenvalue weighted by atomic mass is 10.1. The van der Waals surface area contributed by atoms with E-state index in [1.807, 2.05) is 17.0 Å². The monoisotopic (exact) mass is 388 g/mol. The Morgan fingerprint density at radius 1 is 0.966 bits per heavy atom. The zero-order valence-electron chi connectivity index (χ0n) is 17.1. The molecule has 2 aromatic heterocycles. The summed E-state index contributed by atoms with van der Waals surface area (Å²) in [4.78, 5) is 16.3. The van der Waals surface area contributed by atoms with Crippen LogP contribution in [0.15, 0.2) is 48.5 Å². The first-order valence-corrected chi connectivity index (χ1v) is 9.54. The molecule has 0 N–H and O–H groups in total. The third kappa shape index (κ3) is 3.76. The standard InChI is InChI=1S/C22H24N6O/c1-15-5-8-17(9-6-15)13-27(22(29)26(3)4)14-19-12-18-11-16(2)7-10-20(18)28-21(19)23-24-25-28/h5-12H,13-14H2,1-4H3. The quantitative estimate of drug-likeness (QED) is 0.536. The maximum atomic E-state index is 12.9. The van der Waals surface area contributed by atoms with Gasteiger partial charge in [0.15, 0.2) is 5.65 Å². The van der Waals surface area contributed by atoms with Crippen molar-refractivity contribution in [2.45, 2.75) is 26.9 Å². The Kier molecular flexibility index (Phi) is 4.88. The number of aryl methyl sites for hydroxylation is 2. The lowest BCUT2D eigenvalue weighted by molar-refractivity contribution is 0.165. The normalized spacial score (nSPS) is 11.2. The predicted molar refractivity (Wildman–Crippen MR) is 113 cm³/mol. The molecule has 29 heavy (non-hydrogen) atoms. The lowest BCUT2D eigenvalue weighted by Gasteiger charge is -2.26. The number of carbonyl (C=O) groups excluding carboxylic acids is 1. The average molecular weight is 388 g/mol. The summed E-state index contributed by atoms with van der Waals surface area (Å²) in [5.74, 6) is 0. The van der Waals surface area contributed by atoms with Gasteiger partial charge >= 0.3 is 6.03 Å². The highest BCUT2D eigenvalue weighted by atomic mass is 16.2. The van der Waals surface area contributed by atoms with Gasteiger partial charge in [0, 0.05) is 31.6 Å². The van der Waals surface area contributed by atoms with Crippen LogP contribution < -0.4 is 0 Å². The second-order valence-corrected chi connectivity index (χ2v) is 7.66. The summed E-state index contributed by atoms with van der Waals surface area (Å²) >= 11 is 0. The minimum atomic E-state index is -0.0551. The minimum Gasteiger partial charge on any atom is -0.331 e.